The Morgan fingerprint density at radius 3 is 2.80 bits per heavy atom. The summed E-state index contributed by atoms with van der Waals surface area (Å²) >= 11 is 1.54. The minimum Gasteiger partial charge on any atom is -0.463 e. The van der Waals surface area contributed by atoms with E-state index < -0.39 is 6.04 Å². The van der Waals surface area contributed by atoms with Gasteiger partial charge in [-0.15, -0.1) is 0 Å². The van der Waals surface area contributed by atoms with E-state index in [4.69, 9.17) is 4.74 Å². The van der Waals surface area contributed by atoms with Gasteiger partial charge < -0.3 is 15.4 Å². The SMILES string of the molecule is CCOC(=O)C1=C(CN2CCNCC2)N(C)C(=O)NC1c1ccsc1. The highest BCUT2D eigenvalue weighted by molar-refractivity contribution is 7.08. The smallest absolute Gasteiger partial charge is 0.338 e. The van der Waals surface area contributed by atoms with E-state index >= 15 is 0 Å². The fourth-order valence-corrected chi connectivity index (χ4v) is 3.85. The summed E-state index contributed by atoms with van der Waals surface area (Å²) in [6.45, 7) is 6.24. The molecule has 8 heteroatoms. The molecular formula is C17H24N4O3S. The summed E-state index contributed by atoms with van der Waals surface area (Å²) in [6.07, 6.45) is 0. The highest BCUT2D eigenvalue weighted by Crippen LogP contribution is 2.32. The van der Waals surface area contributed by atoms with Crippen molar-refractivity contribution in [2.24, 2.45) is 0 Å². The van der Waals surface area contributed by atoms with Crippen LogP contribution in [0.15, 0.2) is 28.1 Å². The van der Waals surface area contributed by atoms with Crippen LogP contribution in [0, 0.1) is 0 Å². The molecule has 2 N–H and O–H groups in total. The number of carbonyl (C=O) groups is 2. The van der Waals surface area contributed by atoms with Crippen LogP contribution in [0.2, 0.25) is 0 Å². The second-order valence-corrected chi connectivity index (χ2v) is 6.89. The van der Waals surface area contributed by atoms with Crippen LogP contribution in [0.1, 0.15) is 18.5 Å². The van der Waals surface area contributed by atoms with Crippen LogP contribution in [0.3, 0.4) is 0 Å². The van der Waals surface area contributed by atoms with Gasteiger partial charge in [-0.1, -0.05) is 0 Å². The second-order valence-electron chi connectivity index (χ2n) is 6.11. The van der Waals surface area contributed by atoms with Gasteiger partial charge >= 0.3 is 12.0 Å². The fraction of sp³-hybridized carbons (Fsp3) is 0.529. The number of esters is 1. The molecule has 1 saturated heterocycles. The lowest BCUT2D eigenvalue weighted by molar-refractivity contribution is -0.139. The van der Waals surface area contributed by atoms with Crippen molar-refractivity contribution in [3.05, 3.63) is 33.7 Å². The predicted molar refractivity (Wildman–Crippen MR) is 96.3 cm³/mol. The molecule has 25 heavy (non-hydrogen) atoms. The number of thiophene rings is 1. The molecule has 2 aliphatic heterocycles. The Hall–Kier alpha value is -1.90. The van der Waals surface area contributed by atoms with E-state index in [2.05, 4.69) is 15.5 Å². The van der Waals surface area contributed by atoms with Gasteiger partial charge in [-0.2, -0.15) is 11.3 Å². The normalized spacial score (nSPS) is 22.1. The molecule has 0 spiro atoms. The number of ether oxygens (including phenoxy) is 1. The van der Waals surface area contributed by atoms with E-state index in [1.54, 1.807) is 25.3 Å². The zero-order chi connectivity index (χ0) is 17.8. The molecule has 2 aliphatic rings. The number of piperazine rings is 1. The minimum absolute atomic E-state index is 0.200. The van der Waals surface area contributed by atoms with Gasteiger partial charge in [0, 0.05) is 45.5 Å². The molecule has 1 atom stereocenters. The van der Waals surface area contributed by atoms with Crippen LogP contribution in [-0.2, 0) is 9.53 Å². The molecule has 1 aromatic heterocycles. The summed E-state index contributed by atoms with van der Waals surface area (Å²) < 4.78 is 5.31. The molecule has 1 fully saturated rings. The Morgan fingerprint density at radius 1 is 1.40 bits per heavy atom. The Bertz CT molecular complexity index is 653. The van der Waals surface area contributed by atoms with Crippen molar-refractivity contribution in [1.29, 1.82) is 0 Å². The number of carbonyl (C=O) groups excluding carboxylic acids is 2. The first kappa shape index (κ1) is 17.9. The molecular weight excluding hydrogens is 340 g/mol. The third-order valence-corrected chi connectivity index (χ3v) is 5.23. The van der Waals surface area contributed by atoms with Crippen molar-refractivity contribution in [1.82, 2.24) is 20.4 Å². The number of rotatable bonds is 5. The van der Waals surface area contributed by atoms with Crippen molar-refractivity contribution >= 4 is 23.3 Å². The Kier molecular flexibility index (Phi) is 5.72. The first-order valence-electron chi connectivity index (χ1n) is 8.51. The summed E-state index contributed by atoms with van der Waals surface area (Å²) in [5, 5.41) is 10.1. The zero-order valence-corrected chi connectivity index (χ0v) is 15.4. The van der Waals surface area contributed by atoms with Crippen molar-refractivity contribution in [2.75, 3.05) is 46.4 Å². The Morgan fingerprint density at radius 2 is 2.16 bits per heavy atom. The van der Waals surface area contributed by atoms with Gasteiger partial charge in [0.2, 0.25) is 0 Å². The molecule has 1 aromatic rings. The highest BCUT2D eigenvalue weighted by atomic mass is 32.1. The van der Waals surface area contributed by atoms with Crippen molar-refractivity contribution in [3.8, 4) is 0 Å². The standard InChI is InChI=1S/C17H24N4O3S/c1-3-24-16(22)14-13(10-21-7-5-18-6-8-21)20(2)17(23)19-15(14)12-4-9-25-11-12/h4,9,11,15,18H,3,5-8,10H2,1-2H3,(H,19,23). The van der Waals surface area contributed by atoms with E-state index in [0.717, 1.165) is 37.4 Å². The number of nitrogens with zero attached hydrogens (tertiary/aromatic N) is 2. The van der Waals surface area contributed by atoms with E-state index in [-0.39, 0.29) is 12.0 Å². The van der Waals surface area contributed by atoms with Gasteiger partial charge in [0.25, 0.3) is 0 Å². The summed E-state index contributed by atoms with van der Waals surface area (Å²) in [7, 11) is 1.70. The van der Waals surface area contributed by atoms with E-state index in [1.165, 1.54) is 4.90 Å². The van der Waals surface area contributed by atoms with Gasteiger partial charge in [0.1, 0.15) is 0 Å². The largest absolute Gasteiger partial charge is 0.463 e. The predicted octanol–water partition coefficient (Wildman–Crippen LogP) is 1.17. The summed E-state index contributed by atoms with van der Waals surface area (Å²) in [4.78, 5) is 29.0. The first-order valence-corrected chi connectivity index (χ1v) is 9.45. The maximum atomic E-state index is 12.7. The lowest BCUT2D eigenvalue weighted by Crippen LogP contribution is -2.51. The molecule has 2 amide bonds. The number of hydrogen-bond donors (Lipinski definition) is 2. The van der Waals surface area contributed by atoms with Crippen LogP contribution < -0.4 is 10.6 Å². The molecule has 3 rings (SSSR count). The maximum absolute atomic E-state index is 12.7. The Labute approximate surface area is 151 Å². The molecule has 0 aromatic carbocycles. The quantitative estimate of drug-likeness (QED) is 0.767. The monoisotopic (exact) mass is 364 g/mol. The van der Waals surface area contributed by atoms with Crippen LogP contribution in [0.25, 0.3) is 0 Å². The van der Waals surface area contributed by atoms with Crippen LogP contribution in [0.5, 0.6) is 0 Å². The van der Waals surface area contributed by atoms with Crippen LogP contribution in [0.4, 0.5) is 4.79 Å². The molecule has 0 bridgehead atoms. The molecule has 0 radical (unpaired) electrons. The van der Waals surface area contributed by atoms with Crippen molar-refractivity contribution in [2.45, 2.75) is 13.0 Å². The Balaban J connectivity index is 2.00. The third kappa shape index (κ3) is 3.86. The number of hydrogen-bond acceptors (Lipinski definition) is 6. The summed E-state index contributed by atoms with van der Waals surface area (Å²) in [6, 6.07) is 1.27. The third-order valence-electron chi connectivity index (χ3n) is 4.53. The molecule has 0 saturated carbocycles. The maximum Gasteiger partial charge on any atom is 0.338 e. The van der Waals surface area contributed by atoms with Crippen molar-refractivity contribution < 1.29 is 14.3 Å². The number of amides is 2. The lowest BCUT2D eigenvalue weighted by atomic mass is 9.96. The number of urea groups is 1. The van der Waals surface area contributed by atoms with Crippen LogP contribution in [-0.4, -0.2) is 68.2 Å². The highest BCUT2D eigenvalue weighted by Gasteiger charge is 2.37. The summed E-state index contributed by atoms with van der Waals surface area (Å²) in [5.41, 5.74) is 2.16. The average Bonchev–Trinajstić information content (AvgIpc) is 3.14. The molecule has 1 unspecified atom stereocenters. The van der Waals surface area contributed by atoms with Gasteiger partial charge in [0.05, 0.1) is 18.2 Å². The number of nitrogens with one attached hydrogen (secondary N) is 2. The minimum atomic E-state index is -0.466. The average molecular weight is 364 g/mol. The lowest BCUT2D eigenvalue weighted by Gasteiger charge is -2.37. The number of likely N-dealkylation sites (N-methyl/N-ethyl adjacent to an activating group) is 1. The zero-order valence-electron chi connectivity index (χ0n) is 14.6. The van der Waals surface area contributed by atoms with E-state index in [1.807, 2.05) is 16.8 Å². The molecule has 0 aliphatic carbocycles. The second kappa shape index (κ2) is 7.99. The fourth-order valence-electron chi connectivity index (χ4n) is 3.17. The van der Waals surface area contributed by atoms with Gasteiger partial charge in [-0.3, -0.25) is 9.80 Å². The topological polar surface area (TPSA) is 73.9 Å². The van der Waals surface area contributed by atoms with E-state index in [0.29, 0.717) is 18.7 Å². The molecule has 7 nitrogen and oxygen atoms in total. The molecule has 136 valence electrons. The van der Waals surface area contributed by atoms with Crippen molar-refractivity contribution in [3.63, 3.8) is 0 Å². The molecule has 3 heterocycles. The van der Waals surface area contributed by atoms with Gasteiger partial charge in [-0.05, 0) is 29.3 Å². The van der Waals surface area contributed by atoms with Gasteiger partial charge in [-0.25, -0.2) is 9.59 Å². The first-order chi connectivity index (χ1) is 12.1. The van der Waals surface area contributed by atoms with E-state index in [9.17, 15) is 9.59 Å². The summed E-state index contributed by atoms with van der Waals surface area (Å²) in [5.74, 6) is -0.365. The van der Waals surface area contributed by atoms with Gasteiger partial charge in [0.15, 0.2) is 0 Å². The van der Waals surface area contributed by atoms with Crippen LogP contribution >= 0.6 is 11.3 Å².